The summed E-state index contributed by atoms with van der Waals surface area (Å²) in [6.07, 6.45) is 0.549. The van der Waals surface area contributed by atoms with Crippen LogP contribution in [0.4, 0.5) is 0 Å². The van der Waals surface area contributed by atoms with Crippen molar-refractivity contribution >= 4 is 5.91 Å². The molecule has 0 radical (unpaired) electrons. The van der Waals surface area contributed by atoms with Crippen LogP contribution < -0.4 is 5.32 Å². The minimum atomic E-state index is -0.115. The zero-order chi connectivity index (χ0) is 15.2. The summed E-state index contributed by atoms with van der Waals surface area (Å²) in [6, 6.07) is 7.33. The smallest absolute Gasteiger partial charge is 0.251 e. The lowest BCUT2D eigenvalue weighted by Crippen LogP contribution is -2.44. The van der Waals surface area contributed by atoms with E-state index in [1.807, 2.05) is 18.2 Å². The first-order valence-electron chi connectivity index (χ1n) is 6.88. The Balaban J connectivity index is 2.81. The number of aliphatic hydroxyl groups is 1. The number of nitrogens with one attached hydrogen (secondary N) is 1. The average molecular weight is 279 g/mol. The number of benzene rings is 1. The first-order chi connectivity index (χ1) is 9.38. The van der Waals surface area contributed by atoms with E-state index in [0.29, 0.717) is 18.6 Å². The number of amides is 1. The van der Waals surface area contributed by atoms with Crippen LogP contribution >= 0.6 is 0 Å². The minimum absolute atomic E-state index is 0.0614. The van der Waals surface area contributed by atoms with E-state index in [1.165, 1.54) is 0 Å². The molecule has 1 atom stereocenters. The van der Waals surface area contributed by atoms with Crippen molar-refractivity contribution in [3.63, 3.8) is 0 Å². The molecule has 1 rings (SSSR count). The highest BCUT2D eigenvalue weighted by atomic mass is 16.5. The van der Waals surface area contributed by atoms with Crippen molar-refractivity contribution in [2.75, 3.05) is 13.7 Å². The Morgan fingerprint density at radius 3 is 2.65 bits per heavy atom. The quantitative estimate of drug-likeness (QED) is 0.840. The summed E-state index contributed by atoms with van der Waals surface area (Å²) < 4.78 is 5.07. The van der Waals surface area contributed by atoms with Crippen LogP contribution in [0.2, 0.25) is 0 Å². The second kappa shape index (κ2) is 7.41. The number of hydrogen-bond donors (Lipinski definition) is 2. The van der Waals surface area contributed by atoms with Crippen LogP contribution in [0.25, 0.3) is 0 Å². The first-order valence-corrected chi connectivity index (χ1v) is 6.88. The Morgan fingerprint density at radius 2 is 2.10 bits per heavy atom. The lowest BCUT2D eigenvalue weighted by molar-refractivity contribution is 0.0885. The van der Waals surface area contributed by atoms with Crippen LogP contribution in [-0.4, -0.2) is 30.8 Å². The maximum Gasteiger partial charge on any atom is 0.251 e. The van der Waals surface area contributed by atoms with Gasteiger partial charge in [-0.15, -0.1) is 0 Å². The van der Waals surface area contributed by atoms with E-state index in [0.717, 1.165) is 5.56 Å². The summed E-state index contributed by atoms with van der Waals surface area (Å²) in [5.41, 5.74) is 1.49. The van der Waals surface area contributed by atoms with Gasteiger partial charge < -0.3 is 15.2 Å². The number of rotatable bonds is 6. The highest BCUT2D eigenvalue weighted by Crippen LogP contribution is 2.22. The minimum Gasteiger partial charge on any atom is -0.396 e. The van der Waals surface area contributed by atoms with E-state index in [2.05, 4.69) is 26.1 Å². The van der Waals surface area contributed by atoms with E-state index in [4.69, 9.17) is 9.84 Å². The predicted molar refractivity (Wildman–Crippen MR) is 79.6 cm³/mol. The van der Waals surface area contributed by atoms with Gasteiger partial charge in [0.1, 0.15) is 0 Å². The molecule has 1 aromatic carbocycles. The fourth-order valence-electron chi connectivity index (χ4n) is 2.06. The molecule has 0 saturated carbocycles. The Kier molecular flexibility index (Phi) is 6.17. The van der Waals surface area contributed by atoms with Gasteiger partial charge in [-0.2, -0.15) is 0 Å². The number of carbonyl (C=O) groups is 1. The Bertz CT molecular complexity index is 438. The summed E-state index contributed by atoms with van der Waals surface area (Å²) in [7, 11) is 1.63. The zero-order valence-corrected chi connectivity index (χ0v) is 12.8. The second-order valence-electron chi connectivity index (χ2n) is 6.04. The normalized spacial score (nSPS) is 13.1. The van der Waals surface area contributed by atoms with E-state index in [1.54, 1.807) is 13.2 Å². The Morgan fingerprint density at radius 1 is 1.40 bits per heavy atom. The Labute approximate surface area is 121 Å². The molecule has 0 aliphatic rings. The van der Waals surface area contributed by atoms with Gasteiger partial charge in [0, 0.05) is 25.3 Å². The van der Waals surface area contributed by atoms with Crippen molar-refractivity contribution < 1.29 is 14.6 Å². The maximum atomic E-state index is 12.3. The SMILES string of the molecule is COCc1cccc(C(=O)NC(CCO)C(C)(C)C)c1. The van der Waals surface area contributed by atoms with Gasteiger partial charge in [-0.05, 0) is 29.5 Å². The molecule has 4 nitrogen and oxygen atoms in total. The summed E-state index contributed by atoms with van der Waals surface area (Å²) >= 11 is 0. The predicted octanol–water partition coefficient (Wildman–Crippen LogP) is 2.36. The molecular weight excluding hydrogens is 254 g/mol. The van der Waals surface area contributed by atoms with Crippen LogP contribution in [0.3, 0.4) is 0 Å². The molecule has 1 unspecified atom stereocenters. The highest BCUT2D eigenvalue weighted by Gasteiger charge is 2.26. The van der Waals surface area contributed by atoms with Crippen molar-refractivity contribution in [3.8, 4) is 0 Å². The van der Waals surface area contributed by atoms with Gasteiger partial charge in [0.15, 0.2) is 0 Å². The lowest BCUT2D eigenvalue weighted by Gasteiger charge is -2.31. The molecule has 0 aliphatic carbocycles. The molecule has 2 N–H and O–H groups in total. The van der Waals surface area contributed by atoms with Crippen molar-refractivity contribution in [2.24, 2.45) is 5.41 Å². The molecular formula is C16H25NO3. The average Bonchev–Trinajstić information content (AvgIpc) is 2.38. The summed E-state index contributed by atoms with van der Waals surface area (Å²) in [6.45, 7) is 6.70. The summed E-state index contributed by atoms with van der Waals surface area (Å²) in [5, 5.41) is 12.1. The molecule has 0 aromatic heterocycles. The third-order valence-corrected chi connectivity index (χ3v) is 3.27. The van der Waals surface area contributed by atoms with E-state index < -0.39 is 0 Å². The molecule has 0 heterocycles. The third-order valence-electron chi connectivity index (χ3n) is 3.27. The molecule has 0 saturated heterocycles. The summed E-state index contributed by atoms with van der Waals surface area (Å²) in [4.78, 5) is 12.3. The van der Waals surface area contributed by atoms with Crippen LogP contribution in [0.15, 0.2) is 24.3 Å². The molecule has 1 amide bonds. The number of hydrogen-bond acceptors (Lipinski definition) is 3. The molecule has 1 aromatic rings. The number of aliphatic hydroxyl groups excluding tert-OH is 1. The molecule has 0 spiro atoms. The molecule has 0 bridgehead atoms. The first kappa shape index (κ1) is 16.7. The topological polar surface area (TPSA) is 58.6 Å². The Hall–Kier alpha value is -1.39. The van der Waals surface area contributed by atoms with Gasteiger partial charge in [0.2, 0.25) is 0 Å². The van der Waals surface area contributed by atoms with Gasteiger partial charge in [-0.1, -0.05) is 32.9 Å². The number of methoxy groups -OCH3 is 1. The fourth-order valence-corrected chi connectivity index (χ4v) is 2.06. The number of carbonyl (C=O) groups excluding carboxylic acids is 1. The molecule has 20 heavy (non-hydrogen) atoms. The van der Waals surface area contributed by atoms with Crippen molar-refractivity contribution in [3.05, 3.63) is 35.4 Å². The maximum absolute atomic E-state index is 12.3. The van der Waals surface area contributed by atoms with E-state index >= 15 is 0 Å². The molecule has 112 valence electrons. The molecule has 4 heteroatoms. The standard InChI is InChI=1S/C16H25NO3/c1-16(2,3)14(8-9-18)17-15(19)13-7-5-6-12(10-13)11-20-4/h5-7,10,14,18H,8-9,11H2,1-4H3,(H,17,19). The van der Waals surface area contributed by atoms with Gasteiger partial charge in [-0.25, -0.2) is 0 Å². The number of ether oxygens (including phenoxy) is 1. The van der Waals surface area contributed by atoms with Crippen molar-refractivity contribution in [1.29, 1.82) is 0 Å². The highest BCUT2D eigenvalue weighted by molar-refractivity contribution is 5.94. The largest absolute Gasteiger partial charge is 0.396 e. The zero-order valence-electron chi connectivity index (χ0n) is 12.8. The van der Waals surface area contributed by atoms with Crippen LogP contribution in [0.5, 0.6) is 0 Å². The van der Waals surface area contributed by atoms with Crippen LogP contribution in [0.1, 0.15) is 43.1 Å². The van der Waals surface area contributed by atoms with Gasteiger partial charge in [0.05, 0.1) is 6.61 Å². The van der Waals surface area contributed by atoms with Crippen LogP contribution in [0, 0.1) is 5.41 Å². The fraction of sp³-hybridized carbons (Fsp3) is 0.562. The van der Waals surface area contributed by atoms with Crippen LogP contribution in [-0.2, 0) is 11.3 Å². The van der Waals surface area contributed by atoms with Gasteiger partial charge in [-0.3, -0.25) is 4.79 Å². The van der Waals surface area contributed by atoms with Crippen molar-refractivity contribution in [2.45, 2.75) is 39.8 Å². The summed E-state index contributed by atoms with van der Waals surface area (Å²) in [5.74, 6) is -0.115. The third kappa shape index (κ3) is 4.94. The monoisotopic (exact) mass is 279 g/mol. The van der Waals surface area contributed by atoms with E-state index in [9.17, 15) is 4.79 Å². The van der Waals surface area contributed by atoms with Crippen molar-refractivity contribution in [1.82, 2.24) is 5.32 Å². The lowest BCUT2D eigenvalue weighted by atomic mass is 9.84. The van der Waals surface area contributed by atoms with Gasteiger partial charge >= 0.3 is 0 Å². The second-order valence-corrected chi connectivity index (χ2v) is 6.04. The molecule has 0 aliphatic heterocycles. The van der Waals surface area contributed by atoms with E-state index in [-0.39, 0.29) is 24.0 Å². The molecule has 0 fully saturated rings. The van der Waals surface area contributed by atoms with Gasteiger partial charge in [0.25, 0.3) is 5.91 Å².